The third kappa shape index (κ3) is 5.27. The van der Waals surface area contributed by atoms with Crippen molar-refractivity contribution in [3.8, 4) is 0 Å². The Morgan fingerprint density at radius 2 is 1.72 bits per heavy atom. The van der Waals surface area contributed by atoms with E-state index in [1.807, 2.05) is 0 Å². The number of nitrogens with one attached hydrogen (secondary N) is 1. The van der Waals surface area contributed by atoms with E-state index in [-0.39, 0.29) is 16.3 Å². The molecule has 0 bridgehead atoms. The zero-order valence-electron chi connectivity index (χ0n) is 15.3. The molecule has 1 fully saturated rings. The molecule has 3 rings (SSSR count). The number of rotatable bonds is 5. The molecule has 2 aromatic rings. The molecule has 1 aliphatic rings. The van der Waals surface area contributed by atoms with E-state index in [0.717, 1.165) is 18.2 Å². The topological polar surface area (TPSA) is 75.7 Å². The van der Waals surface area contributed by atoms with Crippen LogP contribution in [0.15, 0.2) is 53.4 Å². The highest BCUT2D eigenvalue weighted by Crippen LogP contribution is 2.36. The molecule has 0 saturated carbocycles. The van der Waals surface area contributed by atoms with Crippen LogP contribution in [0.1, 0.15) is 5.56 Å². The summed E-state index contributed by atoms with van der Waals surface area (Å²) < 4.78 is 69.3. The SMILES string of the molecule is O=C(CS(=O)(=O)c1ccccc1)Nc1ccc(C(F)(F)F)cc1N1CCOCC1. The summed E-state index contributed by atoms with van der Waals surface area (Å²) >= 11 is 0. The van der Waals surface area contributed by atoms with E-state index in [1.54, 1.807) is 11.0 Å². The number of alkyl halides is 3. The van der Waals surface area contributed by atoms with Crippen LogP contribution in [0.5, 0.6) is 0 Å². The fraction of sp³-hybridized carbons (Fsp3) is 0.316. The van der Waals surface area contributed by atoms with E-state index in [2.05, 4.69) is 5.32 Å². The van der Waals surface area contributed by atoms with Crippen LogP contribution in [0.3, 0.4) is 0 Å². The number of nitrogens with zero attached hydrogens (tertiary/aromatic N) is 1. The van der Waals surface area contributed by atoms with Gasteiger partial charge in [0, 0.05) is 13.1 Å². The van der Waals surface area contributed by atoms with Gasteiger partial charge in [-0.1, -0.05) is 18.2 Å². The summed E-state index contributed by atoms with van der Waals surface area (Å²) in [5.41, 5.74) is -0.560. The van der Waals surface area contributed by atoms with Gasteiger partial charge in [0.05, 0.1) is 35.0 Å². The first-order valence-corrected chi connectivity index (χ1v) is 10.4. The molecule has 1 N–H and O–H groups in total. The zero-order valence-corrected chi connectivity index (χ0v) is 16.1. The molecular formula is C19H19F3N2O4S. The van der Waals surface area contributed by atoms with Crippen LogP contribution in [0.25, 0.3) is 0 Å². The first-order valence-electron chi connectivity index (χ1n) is 8.78. The van der Waals surface area contributed by atoms with Gasteiger partial charge in [0.1, 0.15) is 5.75 Å². The van der Waals surface area contributed by atoms with Crippen LogP contribution < -0.4 is 10.2 Å². The van der Waals surface area contributed by atoms with Crippen molar-refractivity contribution >= 4 is 27.1 Å². The second-order valence-corrected chi connectivity index (χ2v) is 8.44. The lowest BCUT2D eigenvalue weighted by atomic mass is 10.1. The maximum absolute atomic E-state index is 13.1. The standard InChI is InChI=1S/C19H19F3N2O4S/c20-19(21,22)14-6-7-16(17(12-14)24-8-10-28-11-9-24)23-18(25)13-29(26,27)15-4-2-1-3-5-15/h1-7,12H,8-11,13H2,(H,23,25). The zero-order chi connectivity index (χ0) is 21.1. The fourth-order valence-electron chi connectivity index (χ4n) is 2.95. The number of amides is 1. The molecule has 6 nitrogen and oxygen atoms in total. The number of carbonyl (C=O) groups excluding carboxylic acids is 1. The van der Waals surface area contributed by atoms with Gasteiger partial charge in [-0.25, -0.2) is 8.42 Å². The average Bonchev–Trinajstić information content (AvgIpc) is 2.68. The highest BCUT2D eigenvalue weighted by molar-refractivity contribution is 7.92. The Bertz CT molecular complexity index is 973. The third-order valence-corrected chi connectivity index (χ3v) is 6.01. The molecule has 1 amide bonds. The number of hydrogen-bond acceptors (Lipinski definition) is 5. The first kappa shape index (κ1) is 21.1. The molecule has 10 heteroatoms. The quantitative estimate of drug-likeness (QED) is 0.793. The fourth-order valence-corrected chi connectivity index (χ4v) is 4.11. The van der Waals surface area contributed by atoms with Crippen molar-refractivity contribution in [2.24, 2.45) is 0 Å². The molecule has 1 heterocycles. The van der Waals surface area contributed by atoms with Crippen molar-refractivity contribution in [1.29, 1.82) is 0 Å². The number of benzene rings is 2. The van der Waals surface area contributed by atoms with Gasteiger partial charge in [-0.05, 0) is 30.3 Å². The summed E-state index contributed by atoms with van der Waals surface area (Å²) in [5.74, 6) is -1.65. The summed E-state index contributed by atoms with van der Waals surface area (Å²) in [6.07, 6.45) is -4.54. The number of anilines is 2. The van der Waals surface area contributed by atoms with E-state index in [4.69, 9.17) is 4.74 Å². The predicted octanol–water partition coefficient (Wildman–Crippen LogP) is 2.95. The molecule has 0 aromatic heterocycles. The minimum absolute atomic E-state index is 0.00373. The Kier molecular flexibility index (Phi) is 6.13. The lowest BCUT2D eigenvalue weighted by molar-refractivity contribution is -0.137. The lowest BCUT2D eigenvalue weighted by Gasteiger charge is -2.31. The van der Waals surface area contributed by atoms with Crippen molar-refractivity contribution < 1.29 is 31.1 Å². The number of sulfone groups is 1. The maximum Gasteiger partial charge on any atom is 0.416 e. The van der Waals surface area contributed by atoms with E-state index < -0.39 is 33.2 Å². The maximum atomic E-state index is 13.1. The summed E-state index contributed by atoms with van der Waals surface area (Å²) in [7, 11) is -3.87. The largest absolute Gasteiger partial charge is 0.416 e. The molecule has 156 valence electrons. The van der Waals surface area contributed by atoms with Gasteiger partial charge in [-0.2, -0.15) is 13.2 Å². The van der Waals surface area contributed by atoms with Gasteiger partial charge in [-0.15, -0.1) is 0 Å². The molecule has 0 aliphatic carbocycles. The van der Waals surface area contributed by atoms with Gasteiger partial charge < -0.3 is 15.0 Å². The van der Waals surface area contributed by atoms with Crippen LogP contribution in [0.2, 0.25) is 0 Å². The van der Waals surface area contributed by atoms with E-state index in [9.17, 15) is 26.4 Å². The van der Waals surface area contributed by atoms with Crippen molar-refractivity contribution in [2.45, 2.75) is 11.1 Å². The van der Waals surface area contributed by atoms with Crippen LogP contribution in [-0.4, -0.2) is 46.4 Å². The molecule has 0 radical (unpaired) electrons. The second-order valence-electron chi connectivity index (χ2n) is 6.45. The number of hydrogen-bond donors (Lipinski definition) is 1. The van der Waals surface area contributed by atoms with Crippen LogP contribution in [0, 0.1) is 0 Å². The smallest absolute Gasteiger partial charge is 0.378 e. The minimum atomic E-state index is -4.54. The average molecular weight is 428 g/mol. The van der Waals surface area contributed by atoms with Gasteiger partial charge in [0.2, 0.25) is 5.91 Å². The molecular weight excluding hydrogens is 409 g/mol. The van der Waals surface area contributed by atoms with Crippen LogP contribution in [0.4, 0.5) is 24.5 Å². The number of halogens is 3. The van der Waals surface area contributed by atoms with Gasteiger partial charge >= 0.3 is 6.18 Å². The van der Waals surface area contributed by atoms with Gasteiger partial charge in [-0.3, -0.25) is 4.79 Å². The Morgan fingerprint density at radius 3 is 2.34 bits per heavy atom. The predicted molar refractivity (Wildman–Crippen MR) is 102 cm³/mol. The molecule has 2 aromatic carbocycles. The minimum Gasteiger partial charge on any atom is -0.378 e. The Hall–Kier alpha value is -2.59. The monoisotopic (exact) mass is 428 g/mol. The molecule has 1 aliphatic heterocycles. The van der Waals surface area contributed by atoms with Gasteiger partial charge in [0.15, 0.2) is 9.84 Å². The number of morpholine rings is 1. The summed E-state index contributed by atoms with van der Waals surface area (Å²) in [4.78, 5) is 14.0. The lowest BCUT2D eigenvalue weighted by Crippen LogP contribution is -2.37. The van der Waals surface area contributed by atoms with E-state index in [0.29, 0.717) is 26.3 Å². The van der Waals surface area contributed by atoms with Crippen molar-refractivity contribution in [2.75, 3.05) is 42.3 Å². The summed E-state index contributed by atoms with van der Waals surface area (Å²) in [6, 6.07) is 10.4. The van der Waals surface area contributed by atoms with Crippen LogP contribution >= 0.6 is 0 Å². The number of carbonyl (C=O) groups is 1. The summed E-state index contributed by atoms with van der Waals surface area (Å²) in [6.45, 7) is 1.39. The van der Waals surface area contributed by atoms with Crippen molar-refractivity contribution in [3.63, 3.8) is 0 Å². The molecule has 0 atom stereocenters. The van der Waals surface area contributed by atoms with E-state index in [1.165, 1.54) is 24.3 Å². The Balaban J connectivity index is 1.84. The normalized spacial score (nSPS) is 15.2. The molecule has 0 unspecified atom stereocenters. The first-order chi connectivity index (χ1) is 13.7. The van der Waals surface area contributed by atoms with Crippen molar-refractivity contribution in [1.82, 2.24) is 0 Å². The number of ether oxygens (including phenoxy) is 1. The molecule has 29 heavy (non-hydrogen) atoms. The van der Waals surface area contributed by atoms with Gasteiger partial charge in [0.25, 0.3) is 0 Å². The highest BCUT2D eigenvalue weighted by Gasteiger charge is 2.32. The highest BCUT2D eigenvalue weighted by atomic mass is 32.2. The second kappa shape index (κ2) is 8.42. The third-order valence-electron chi connectivity index (χ3n) is 4.37. The van der Waals surface area contributed by atoms with E-state index >= 15 is 0 Å². The molecule has 0 spiro atoms. The Labute approximate surface area is 166 Å². The summed E-state index contributed by atoms with van der Waals surface area (Å²) in [5, 5.41) is 2.44. The Morgan fingerprint density at radius 1 is 1.07 bits per heavy atom. The van der Waals surface area contributed by atoms with Crippen LogP contribution in [-0.2, 0) is 25.5 Å². The van der Waals surface area contributed by atoms with Crippen molar-refractivity contribution in [3.05, 3.63) is 54.1 Å². The molecule has 1 saturated heterocycles.